The van der Waals surface area contributed by atoms with E-state index in [-0.39, 0.29) is 12.1 Å². The number of hydrogen-bond donors (Lipinski definition) is 1. The number of aryl methyl sites for hydroxylation is 2. The van der Waals surface area contributed by atoms with Gasteiger partial charge in [0.25, 0.3) is 0 Å². The van der Waals surface area contributed by atoms with Crippen molar-refractivity contribution in [2.24, 2.45) is 0 Å². The summed E-state index contributed by atoms with van der Waals surface area (Å²) in [6, 6.07) is 9.99. The molecule has 2 rings (SSSR count). The Morgan fingerprint density at radius 2 is 1.81 bits per heavy atom. The van der Waals surface area contributed by atoms with Crippen LogP contribution in [0.1, 0.15) is 24.5 Å². The number of sulfonamides is 1. The zero-order chi connectivity index (χ0) is 19.5. The topological polar surface area (TPSA) is 66.5 Å². The smallest absolute Gasteiger partial charge is 0.248 e. The highest BCUT2D eigenvalue weighted by molar-refractivity contribution is 7.92. The minimum absolute atomic E-state index is 0.0180. The number of amides is 1. The van der Waals surface area contributed by atoms with E-state index in [0.29, 0.717) is 5.69 Å². The van der Waals surface area contributed by atoms with E-state index in [1.165, 1.54) is 18.2 Å². The first-order chi connectivity index (χ1) is 12.1. The maximum absolute atomic E-state index is 13.8. The molecule has 1 N–H and O–H groups in total. The molecule has 0 aromatic heterocycles. The van der Waals surface area contributed by atoms with Crippen LogP contribution in [0.4, 0.5) is 15.8 Å². The Morgan fingerprint density at radius 1 is 1.15 bits per heavy atom. The molecule has 5 nitrogen and oxygen atoms in total. The van der Waals surface area contributed by atoms with Crippen molar-refractivity contribution in [3.05, 3.63) is 59.4 Å². The highest BCUT2D eigenvalue weighted by Gasteiger charge is 2.32. The molecule has 0 aliphatic rings. The van der Waals surface area contributed by atoms with Gasteiger partial charge in [-0.3, -0.25) is 9.10 Å². The molecule has 0 radical (unpaired) electrons. The van der Waals surface area contributed by atoms with Gasteiger partial charge in [0.15, 0.2) is 0 Å². The van der Waals surface area contributed by atoms with Crippen molar-refractivity contribution in [2.75, 3.05) is 15.9 Å². The van der Waals surface area contributed by atoms with Gasteiger partial charge in [-0.25, -0.2) is 12.8 Å². The first kappa shape index (κ1) is 19.9. The second-order valence-electron chi connectivity index (χ2n) is 6.22. The highest BCUT2D eigenvalue weighted by atomic mass is 32.2. The molecular formula is C19H23FN2O3S. The Bertz CT molecular complexity index is 913. The monoisotopic (exact) mass is 378 g/mol. The predicted octanol–water partition coefficient (Wildman–Crippen LogP) is 3.63. The number of anilines is 2. The first-order valence-electron chi connectivity index (χ1n) is 8.27. The molecule has 0 saturated carbocycles. The van der Waals surface area contributed by atoms with Crippen molar-refractivity contribution < 1.29 is 17.6 Å². The van der Waals surface area contributed by atoms with Crippen molar-refractivity contribution in [2.45, 2.75) is 33.2 Å². The molecule has 1 atom stereocenters. The SMILES string of the molecule is CC[C@@H](C(=O)Nc1ccccc1F)N(c1ccc(C)c(C)c1)S(C)(=O)=O. The van der Waals surface area contributed by atoms with Gasteiger partial charge in [0, 0.05) is 0 Å². The number of nitrogens with one attached hydrogen (secondary N) is 1. The van der Waals surface area contributed by atoms with Crippen LogP contribution in [0.2, 0.25) is 0 Å². The van der Waals surface area contributed by atoms with Crippen LogP contribution in [0, 0.1) is 19.7 Å². The molecule has 0 fully saturated rings. The summed E-state index contributed by atoms with van der Waals surface area (Å²) < 4.78 is 39.8. The van der Waals surface area contributed by atoms with Gasteiger partial charge in [-0.1, -0.05) is 25.1 Å². The molecular weight excluding hydrogens is 355 g/mol. The van der Waals surface area contributed by atoms with Gasteiger partial charge in [0.2, 0.25) is 15.9 Å². The van der Waals surface area contributed by atoms with Gasteiger partial charge in [-0.2, -0.15) is 0 Å². The zero-order valence-electron chi connectivity index (χ0n) is 15.3. The van der Waals surface area contributed by atoms with Gasteiger partial charge < -0.3 is 5.32 Å². The van der Waals surface area contributed by atoms with E-state index in [0.717, 1.165) is 21.7 Å². The molecule has 0 spiro atoms. The molecule has 2 aromatic rings. The molecule has 26 heavy (non-hydrogen) atoms. The van der Waals surface area contributed by atoms with Gasteiger partial charge in [-0.15, -0.1) is 0 Å². The summed E-state index contributed by atoms with van der Waals surface area (Å²) in [5, 5.41) is 2.49. The van der Waals surface area contributed by atoms with Crippen LogP contribution in [0.25, 0.3) is 0 Å². The first-order valence-corrected chi connectivity index (χ1v) is 10.1. The number of carbonyl (C=O) groups is 1. The zero-order valence-corrected chi connectivity index (χ0v) is 16.1. The molecule has 2 aromatic carbocycles. The Hall–Kier alpha value is -2.41. The lowest BCUT2D eigenvalue weighted by Crippen LogP contribution is -2.47. The van der Waals surface area contributed by atoms with E-state index in [1.807, 2.05) is 19.9 Å². The van der Waals surface area contributed by atoms with Crippen molar-refractivity contribution >= 4 is 27.3 Å². The Morgan fingerprint density at radius 3 is 2.35 bits per heavy atom. The van der Waals surface area contributed by atoms with Crippen LogP contribution in [-0.2, 0) is 14.8 Å². The summed E-state index contributed by atoms with van der Waals surface area (Å²) in [5.41, 5.74) is 2.36. The van der Waals surface area contributed by atoms with E-state index in [4.69, 9.17) is 0 Å². The number of hydrogen-bond acceptors (Lipinski definition) is 3. The summed E-state index contributed by atoms with van der Waals surface area (Å²) in [6.45, 7) is 5.51. The highest BCUT2D eigenvalue weighted by Crippen LogP contribution is 2.26. The molecule has 1 amide bonds. The van der Waals surface area contributed by atoms with E-state index < -0.39 is 27.8 Å². The Kier molecular flexibility index (Phi) is 6.02. The Labute approximate surface area is 153 Å². The third-order valence-corrected chi connectivity index (χ3v) is 5.39. The molecule has 7 heteroatoms. The van der Waals surface area contributed by atoms with E-state index in [1.54, 1.807) is 25.1 Å². The average molecular weight is 378 g/mol. The molecule has 0 bridgehead atoms. The summed E-state index contributed by atoms with van der Waals surface area (Å²) in [5.74, 6) is -1.16. The van der Waals surface area contributed by atoms with E-state index >= 15 is 0 Å². The lowest BCUT2D eigenvalue weighted by Gasteiger charge is -2.30. The van der Waals surface area contributed by atoms with Gasteiger partial charge in [0.05, 0.1) is 17.6 Å². The fraction of sp³-hybridized carbons (Fsp3) is 0.316. The summed E-state index contributed by atoms with van der Waals surface area (Å²) in [4.78, 5) is 12.7. The molecule has 0 aliphatic heterocycles. The predicted molar refractivity (Wildman–Crippen MR) is 102 cm³/mol. The summed E-state index contributed by atoms with van der Waals surface area (Å²) in [6.07, 6.45) is 1.29. The van der Waals surface area contributed by atoms with Crippen molar-refractivity contribution in [1.82, 2.24) is 0 Å². The minimum atomic E-state index is -3.73. The number of para-hydroxylation sites is 1. The second-order valence-corrected chi connectivity index (χ2v) is 8.08. The number of rotatable bonds is 6. The maximum atomic E-state index is 13.8. The average Bonchev–Trinajstić information content (AvgIpc) is 2.56. The quantitative estimate of drug-likeness (QED) is 0.835. The number of halogens is 1. The molecule has 0 heterocycles. The van der Waals surface area contributed by atoms with Gasteiger partial charge in [-0.05, 0) is 55.7 Å². The Balaban J connectivity index is 2.43. The van der Waals surface area contributed by atoms with Crippen LogP contribution in [0.15, 0.2) is 42.5 Å². The van der Waals surface area contributed by atoms with E-state index in [2.05, 4.69) is 5.32 Å². The molecule has 0 unspecified atom stereocenters. The summed E-state index contributed by atoms with van der Waals surface area (Å²) >= 11 is 0. The van der Waals surface area contributed by atoms with Crippen LogP contribution >= 0.6 is 0 Å². The standard InChI is InChI=1S/C19H23FN2O3S/c1-5-18(19(23)21-17-9-7-6-8-16(17)20)22(26(4,24)25)15-11-10-13(2)14(3)12-15/h6-12,18H,5H2,1-4H3,(H,21,23)/t18-/m0/s1. The molecule has 0 aliphatic carbocycles. The van der Waals surface area contributed by atoms with Gasteiger partial charge >= 0.3 is 0 Å². The van der Waals surface area contributed by atoms with Crippen LogP contribution in [-0.4, -0.2) is 26.6 Å². The maximum Gasteiger partial charge on any atom is 0.248 e. The molecule has 0 saturated heterocycles. The van der Waals surface area contributed by atoms with Gasteiger partial charge in [0.1, 0.15) is 11.9 Å². The van der Waals surface area contributed by atoms with Crippen LogP contribution in [0.3, 0.4) is 0 Å². The van der Waals surface area contributed by atoms with Crippen LogP contribution in [0.5, 0.6) is 0 Å². The number of carbonyl (C=O) groups excluding carboxylic acids is 1. The van der Waals surface area contributed by atoms with E-state index in [9.17, 15) is 17.6 Å². The number of nitrogens with zero attached hydrogens (tertiary/aromatic N) is 1. The fourth-order valence-corrected chi connectivity index (χ4v) is 3.91. The third-order valence-electron chi connectivity index (χ3n) is 4.21. The second kappa shape index (κ2) is 7.86. The third kappa shape index (κ3) is 4.40. The molecule has 140 valence electrons. The normalized spacial score (nSPS) is 12.5. The largest absolute Gasteiger partial charge is 0.322 e. The van der Waals surface area contributed by atoms with Crippen molar-refractivity contribution in [1.29, 1.82) is 0 Å². The summed E-state index contributed by atoms with van der Waals surface area (Å²) in [7, 11) is -3.73. The number of benzene rings is 2. The van der Waals surface area contributed by atoms with Crippen molar-refractivity contribution in [3.63, 3.8) is 0 Å². The fourth-order valence-electron chi connectivity index (χ4n) is 2.70. The van der Waals surface area contributed by atoms with Crippen LogP contribution < -0.4 is 9.62 Å². The lowest BCUT2D eigenvalue weighted by atomic mass is 10.1. The minimum Gasteiger partial charge on any atom is -0.322 e. The van der Waals surface area contributed by atoms with Crippen molar-refractivity contribution in [3.8, 4) is 0 Å². The lowest BCUT2D eigenvalue weighted by molar-refractivity contribution is -0.117.